The van der Waals surface area contributed by atoms with Gasteiger partial charge in [0.1, 0.15) is 0 Å². The molecule has 0 aromatic heterocycles. The van der Waals surface area contributed by atoms with Gasteiger partial charge in [-0.05, 0) is 52.1 Å². The van der Waals surface area contributed by atoms with Gasteiger partial charge in [0.05, 0.1) is 5.92 Å². The number of hydrogen-bond acceptors (Lipinski definition) is 3. The first-order valence-electron chi connectivity index (χ1n) is 8.02. The van der Waals surface area contributed by atoms with Crippen molar-refractivity contribution in [2.45, 2.75) is 51.1 Å². The highest BCUT2D eigenvalue weighted by molar-refractivity contribution is 5.79. The Balaban J connectivity index is 1.65. The Labute approximate surface area is 116 Å². The molecule has 0 aromatic carbocycles. The molecule has 3 saturated heterocycles. The van der Waals surface area contributed by atoms with Crippen LogP contribution in [0.5, 0.6) is 0 Å². The maximum Gasteiger partial charge on any atom is 0.227 e. The second kappa shape index (κ2) is 5.80. The summed E-state index contributed by atoms with van der Waals surface area (Å²) >= 11 is 0. The lowest BCUT2D eigenvalue weighted by atomic mass is 9.90. The molecule has 3 aliphatic heterocycles. The van der Waals surface area contributed by atoms with Crippen LogP contribution < -0.4 is 5.32 Å². The normalized spacial score (nSPS) is 36.9. The molecule has 4 heteroatoms. The minimum atomic E-state index is 0.210. The number of hydrogen-bond donors (Lipinski definition) is 1. The number of fused-ring (bicyclic) bond motifs is 1. The maximum atomic E-state index is 12.8. The van der Waals surface area contributed by atoms with Crippen molar-refractivity contribution < 1.29 is 4.79 Å². The SMILES string of the molecule is CC1NCCCC1C(=O)N1CCCN2CCCC2C1. The summed E-state index contributed by atoms with van der Waals surface area (Å²) < 4.78 is 0. The molecule has 1 N–H and O–H groups in total. The molecule has 3 unspecified atom stereocenters. The van der Waals surface area contributed by atoms with E-state index in [1.165, 1.54) is 25.9 Å². The van der Waals surface area contributed by atoms with Gasteiger partial charge < -0.3 is 10.2 Å². The summed E-state index contributed by atoms with van der Waals surface area (Å²) in [4.78, 5) is 17.5. The van der Waals surface area contributed by atoms with E-state index >= 15 is 0 Å². The molecule has 0 spiro atoms. The summed E-state index contributed by atoms with van der Waals surface area (Å²) in [5.74, 6) is 0.621. The Bertz CT molecular complexity index is 333. The highest BCUT2D eigenvalue weighted by atomic mass is 16.2. The van der Waals surface area contributed by atoms with Gasteiger partial charge >= 0.3 is 0 Å². The van der Waals surface area contributed by atoms with Crippen LogP contribution in [0.25, 0.3) is 0 Å². The van der Waals surface area contributed by atoms with Gasteiger partial charge in [-0.3, -0.25) is 9.69 Å². The van der Waals surface area contributed by atoms with Gasteiger partial charge in [-0.2, -0.15) is 0 Å². The van der Waals surface area contributed by atoms with Crippen LogP contribution in [0.1, 0.15) is 39.0 Å². The standard InChI is InChI=1S/C15H27N3O/c1-12-14(6-2-7-16-12)15(19)18-10-4-9-17-8-3-5-13(17)11-18/h12-14,16H,2-11H2,1H3. The second-order valence-corrected chi connectivity index (χ2v) is 6.46. The third-order valence-corrected chi connectivity index (χ3v) is 5.19. The fourth-order valence-electron chi connectivity index (χ4n) is 4.02. The van der Waals surface area contributed by atoms with Crippen molar-refractivity contribution in [3.63, 3.8) is 0 Å². The molecule has 0 aromatic rings. The van der Waals surface area contributed by atoms with E-state index in [0.29, 0.717) is 18.0 Å². The second-order valence-electron chi connectivity index (χ2n) is 6.46. The highest BCUT2D eigenvalue weighted by Gasteiger charge is 2.35. The quantitative estimate of drug-likeness (QED) is 0.770. The van der Waals surface area contributed by atoms with E-state index in [4.69, 9.17) is 0 Å². The van der Waals surface area contributed by atoms with Crippen LogP contribution in [0.2, 0.25) is 0 Å². The van der Waals surface area contributed by atoms with E-state index in [-0.39, 0.29) is 5.92 Å². The summed E-state index contributed by atoms with van der Waals surface area (Å²) in [7, 11) is 0. The Morgan fingerprint density at radius 3 is 2.79 bits per heavy atom. The van der Waals surface area contributed by atoms with Crippen molar-refractivity contribution >= 4 is 5.91 Å². The van der Waals surface area contributed by atoms with Crippen molar-refractivity contribution in [1.29, 1.82) is 0 Å². The summed E-state index contributed by atoms with van der Waals surface area (Å²) in [5.41, 5.74) is 0. The molecular formula is C15H27N3O. The van der Waals surface area contributed by atoms with Crippen molar-refractivity contribution in [2.24, 2.45) is 5.92 Å². The molecular weight excluding hydrogens is 238 g/mol. The largest absolute Gasteiger partial charge is 0.341 e. The zero-order valence-corrected chi connectivity index (χ0v) is 12.1. The number of nitrogens with zero attached hydrogens (tertiary/aromatic N) is 2. The first kappa shape index (κ1) is 13.4. The summed E-state index contributed by atoms with van der Waals surface area (Å²) in [6, 6.07) is 0.988. The lowest BCUT2D eigenvalue weighted by molar-refractivity contribution is -0.137. The monoisotopic (exact) mass is 265 g/mol. The van der Waals surface area contributed by atoms with Crippen molar-refractivity contribution in [2.75, 3.05) is 32.7 Å². The third-order valence-electron chi connectivity index (χ3n) is 5.19. The van der Waals surface area contributed by atoms with Crippen LogP contribution in [-0.4, -0.2) is 60.5 Å². The number of nitrogens with one attached hydrogen (secondary N) is 1. The maximum absolute atomic E-state index is 12.8. The smallest absolute Gasteiger partial charge is 0.227 e. The molecule has 108 valence electrons. The van der Waals surface area contributed by atoms with E-state index in [0.717, 1.165) is 38.9 Å². The number of piperidine rings is 1. The minimum absolute atomic E-state index is 0.210. The fourth-order valence-corrected chi connectivity index (χ4v) is 4.02. The van der Waals surface area contributed by atoms with Crippen LogP contribution in [0.15, 0.2) is 0 Å². The Morgan fingerprint density at radius 2 is 1.95 bits per heavy atom. The molecule has 19 heavy (non-hydrogen) atoms. The predicted octanol–water partition coefficient (Wildman–Crippen LogP) is 1.07. The zero-order chi connectivity index (χ0) is 13.2. The fraction of sp³-hybridized carbons (Fsp3) is 0.933. The Hall–Kier alpha value is -0.610. The Kier molecular flexibility index (Phi) is 4.08. The number of carbonyl (C=O) groups is 1. The van der Waals surface area contributed by atoms with E-state index in [1.807, 2.05) is 0 Å². The minimum Gasteiger partial charge on any atom is -0.341 e. The first-order chi connectivity index (χ1) is 9.25. The van der Waals surface area contributed by atoms with Gasteiger partial charge in [-0.1, -0.05) is 0 Å². The molecule has 3 fully saturated rings. The van der Waals surface area contributed by atoms with Gasteiger partial charge in [0.15, 0.2) is 0 Å². The predicted molar refractivity (Wildman–Crippen MR) is 76.0 cm³/mol. The third kappa shape index (κ3) is 2.79. The van der Waals surface area contributed by atoms with Crippen molar-refractivity contribution in [1.82, 2.24) is 15.1 Å². The highest BCUT2D eigenvalue weighted by Crippen LogP contribution is 2.24. The Morgan fingerprint density at radius 1 is 1.11 bits per heavy atom. The van der Waals surface area contributed by atoms with Gasteiger partial charge in [0, 0.05) is 31.7 Å². The molecule has 4 nitrogen and oxygen atoms in total. The average molecular weight is 265 g/mol. The van der Waals surface area contributed by atoms with Crippen LogP contribution >= 0.6 is 0 Å². The molecule has 3 atom stereocenters. The molecule has 0 saturated carbocycles. The van der Waals surface area contributed by atoms with E-state index in [1.54, 1.807) is 0 Å². The van der Waals surface area contributed by atoms with Gasteiger partial charge in [-0.15, -0.1) is 0 Å². The van der Waals surface area contributed by atoms with Crippen molar-refractivity contribution in [3.8, 4) is 0 Å². The average Bonchev–Trinajstić information content (AvgIpc) is 2.76. The van der Waals surface area contributed by atoms with Crippen molar-refractivity contribution in [3.05, 3.63) is 0 Å². The summed E-state index contributed by atoms with van der Waals surface area (Å²) in [6.07, 6.45) is 5.95. The van der Waals surface area contributed by atoms with Gasteiger partial charge in [0.2, 0.25) is 5.91 Å². The molecule has 3 heterocycles. The van der Waals surface area contributed by atoms with E-state index in [9.17, 15) is 4.79 Å². The van der Waals surface area contributed by atoms with Gasteiger partial charge in [0.25, 0.3) is 0 Å². The van der Waals surface area contributed by atoms with Crippen LogP contribution in [0, 0.1) is 5.92 Å². The first-order valence-corrected chi connectivity index (χ1v) is 8.02. The van der Waals surface area contributed by atoms with Crippen LogP contribution in [0.3, 0.4) is 0 Å². The molecule has 0 aliphatic carbocycles. The van der Waals surface area contributed by atoms with Crippen LogP contribution in [0.4, 0.5) is 0 Å². The molecule has 3 rings (SSSR count). The van der Waals surface area contributed by atoms with E-state index in [2.05, 4.69) is 22.0 Å². The molecule has 0 radical (unpaired) electrons. The van der Waals surface area contributed by atoms with E-state index < -0.39 is 0 Å². The molecule has 1 amide bonds. The van der Waals surface area contributed by atoms with Gasteiger partial charge in [-0.25, -0.2) is 0 Å². The number of carbonyl (C=O) groups excluding carboxylic acids is 1. The lowest BCUT2D eigenvalue weighted by Crippen LogP contribution is -2.49. The topological polar surface area (TPSA) is 35.6 Å². The number of amides is 1. The summed E-state index contributed by atoms with van der Waals surface area (Å²) in [6.45, 7) is 7.61. The number of rotatable bonds is 1. The zero-order valence-electron chi connectivity index (χ0n) is 12.1. The molecule has 0 bridgehead atoms. The molecule has 3 aliphatic rings. The summed E-state index contributed by atoms with van der Waals surface area (Å²) in [5, 5.41) is 3.46. The van der Waals surface area contributed by atoms with Crippen LogP contribution in [-0.2, 0) is 4.79 Å². The lowest BCUT2D eigenvalue weighted by Gasteiger charge is -2.34.